The quantitative estimate of drug-likeness (QED) is 0.796. The van der Waals surface area contributed by atoms with Gasteiger partial charge < -0.3 is 15.7 Å². The number of anilines is 1. The molecule has 0 unspecified atom stereocenters. The van der Waals surface area contributed by atoms with Crippen molar-refractivity contribution < 1.29 is 23.5 Å². The average Bonchev–Trinajstić information content (AvgIpc) is 2.22. The van der Waals surface area contributed by atoms with E-state index in [-0.39, 0.29) is 17.4 Å². The average molecular weight is 323 g/mol. The predicted octanol–water partition coefficient (Wildman–Crippen LogP) is 2.32. The molecule has 0 bridgehead atoms. The van der Waals surface area contributed by atoms with Crippen molar-refractivity contribution in [3.8, 4) is 0 Å². The minimum atomic E-state index is -1.09. The molecule has 98 valence electrons. The fourth-order valence-corrected chi connectivity index (χ4v) is 1.50. The number of carboxylic acid groups (broad SMARTS) is 1. The molecule has 1 rings (SSSR count). The smallest absolute Gasteiger partial charge is 0.319 e. The number of carbonyl (C=O) groups excluding carboxylic acids is 1. The van der Waals surface area contributed by atoms with E-state index in [1.54, 1.807) is 0 Å². The first-order valence-electron chi connectivity index (χ1n) is 4.81. The standard InChI is InChI=1S/C10H9BrF2N2O3/c11-5-3-6(12)9(7(13)4-5)15-10(18)14-2-1-8(16)17/h3-4H,1-2H2,(H,16,17)(H2,14,15,18). The number of aliphatic carboxylic acids is 1. The van der Waals surface area contributed by atoms with Crippen LogP contribution in [0.3, 0.4) is 0 Å². The van der Waals surface area contributed by atoms with Gasteiger partial charge in [-0.2, -0.15) is 0 Å². The third kappa shape index (κ3) is 4.28. The lowest BCUT2D eigenvalue weighted by Crippen LogP contribution is -2.31. The van der Waals surface area contributed by atoms with Crippen LogP contribution in [-0.4, -0.2) is 23.7 Å². The molecule has 0 fully saturated rings. The van der Waals surface area contributed by atoms with Gasteiger partial charge in [-0.15, -0.1) is 0 Å². The van der Waals surface area contributed by atoms with Gasteiger partial charge in [0.25, 0.3) is 0 Å². The second-order valence-corrected chi connectivity index (χ2v) is 4.18. The molecule has 5 nitrogen and oxygen atoms in total. The van der Waals surface area contributed by atoms with E-state index in [2.05, 4.69) is 21.2 Å². The minimum absolute atomic E-state index is 0.138. The van der Waals surface area contributed by atoms with Gasteiger partial charge in [-0.1, -0.05) is 15.9 Å². The van der Waals surface area contributed by atoms with Crippen LogP contribution in [0.25, 0.3) is 0 Å². The van der Waals surface area contributed by atoms with E-state index in [0.717, 1.165) is 12.1 Å². The highest BCUT2D eigenvalue weighted by atomic mass is 79.9. The summed E-state index contributed by atoms with van der Waals surface area (Å²) in [6.07, 6.45) is -0.279. The second kappa shape index (κ2) is 6.29. The van der Waals surface area contributed by atoms with Crippen LogP contribution in [0.1, 0.15) is 6.42 Å². The van der Waals surface area contributed by atoms with Crippen molar-refractivity contribution in [1.82, 2.24) is 5.32 Å². The summed E-state index contributed by atoms with van der Waals surface area (Å²) < 4.78 is 26.8. The Kier molecular flexibility index (Phi) is 5.02. The zero-order valence-corrected chi connectivity index (χ0v) is 10.6. The number of urea groups is 1. The van der Waals surface area contributed by atoms with E-state index in [4.69, 9.17) is 5.11 Å². The molecule has 8 heteroatoms. The van der Waals surface area contributed by atoms with Crippen molar-refractivity contribution in [3.63, 3.8) is 0 Å². The highest BCUT2D eigenvalue weighted by Crippen LogP contribution is 2.23. The predicted molar refractivity (Wildman–Crippen MR) is 63.3 cm³/mol. The molecule has 0 atom stereocenters. The van der Waals surface area contributed by atoms with Gasteiger partial charge in [-0.05, 0) is 12.1 Å². The van der Waals surface area contributed by atoms with Crippen molar-refractivity contribution in [2.45, 2.75) is 6.42 Å². The van der Waals surface area contributed by atoms with E-state index in [9.17, 15) is 18.4 Å². The Bertz CT molecular complexity index is 459. The van der Waals surface area contributed by atoms with Crippen molar-refractivity contribution in [2.24, 2.45) is 0 Å². The molecule has 0 saturated heterocycles. The Morgan fingerprint density at radius 1 is 1.28 bits per heavy atom. The lowest BCUT2D eigenvalue weighted by molar-refractivity contribution is -0.136. The van der Waals surface area contributed by atoms with Crippen molar-refractivity contribution in [3.05, 3.63) is 28.2 Å². The van der Waals surface area contributed by atoms with Gasteiger partial charge >= 0.3 is 12.0 Å². The van der Waals surface area contributed by atoms with E-state index >= 15 is 0 Å². The molecular weight excluding hydrogens is 314 g/mol. The Morgan fingerprint density at radius 3 is 2.33 bits per heavy atom. The molecule has 0 radical (unpaired) electrons. The number of benzene rings is 1. The summed E-state index contributed by atoms with van der Waals surface area (Å²) in [6, 6.07) is 1.11. The van der Waals surface area contributed by atoms with Crippen LogP contribution in [0.15, 0.2) is 16.6 Å². The summed E-state index contributed by atoms with van der Waals surface area (Å²) in [7, 11) is 0. The Labute approximate surface area is 109 Å². The van der Waals surface area contributed by atoms with E-state index in [0.29, 0.717) is 0 Å². The summed E-state index contributed by atoms with van der Waals surface area (Å²) in [6.45, 7) is -0.138. The molecule has 0 heterocycles. The third-order valence-corrected chi connectivity index (χ3v) is 2.33. The summed E-state index contributed by atoms with van der Waals surface area (Å²) >= 11 is 2.90. The van der Waals surface area contributed by atoms with Gasteiger partial charge in [0.2, 0.25) is 0 Å². The van der Waals surface area contributed by atoms with Gasteiger partial charge in [0, 0.05) is 11.0 Å². The number of rotatable bonds is 4. The van der Waals surface area contributed by atoms with Gasteiger partial charge in [-0.25, -0.2) is 13.6 Å². The van der Waals surface area contributed by atoms with E-state index in [1.165, 1.54) is 0 Å². The van der Waals surface area contributed by atoms with Crippen LogP contribution in [0.2, 0.25) is 0 Å². The van der Waals surface area contributed by atoms with Gasteiger partial charge in [0.1, 0.15) is 5.69 Å². The normalized spacial score (nSPS) is 9.94. The zero-order valence-electron chi connectivity index (χ0n) is 8.97. The Morgan fingerprint density at radius 2 is 1.83 bits per heavy atom. The number of nitrogens with one attached hydrogen (secondary N) is 2. The number of carbonyl (C=O) groups is 2. The monoisotopic (exact) mass is 322 g/mol. The lowest BCUT2D eigenvalue weighted by Gasteiger charge is -2.09. The van der Waals surface area contributed by atoms with Crippen molar-refractivity contribution in [2.75, 3.05) is 11.9 Å². The number of hydrogen-bond donors (Lipinski definition) is 3. The highest BCUT2D eigenvalue weighted by molar-refractivity contribution is 9.10. The van der Waals surface area contributed by atoms with Gasteiger partial charge in [-0.3, -0.25) is 4.79 Å². The summed E-state index contributed by atoms with van der Waals surface area (Å²) in [5, 5.41) is 12.5. The van der Waals surface area contributed by atoms with Crippen LogP contribution >= 0.6 is 15.9 Å². The van der Waals surface area contributed by atoms with Crippen molar-refractivity contribution >= 4 is 33.6 Å². The summed E-state index contributed by atoms with van der Waals surface area (Å²) in [5.74, 6) is -2.96. The topological polar surface area (TPSA) is 78.4 Å². The maximum Gasteiger partial charge on any atom is 0.319 e. The first kappa shape index (κ1) is 14.4. The largest absolute Gasteiger partial charge is 0.481 e. The zero-order chi connectivity index (χ0) is 13.7. The van der Waals surface area contributed by atoms with E-state index < -0.39 is 29.3 Å². The maximum absolute atomic E-state index is 13.3. The number of halogens is 3. The van der Waals surface area contributed by atoms with Gasteiger partial charge in [0.15, 0.2) is 11.6 Å². The highest BCUT2D eigenvalue weighted by Gasteiger charge is 2.13. The summed E-state index contributed by atoms with van der Waals surface area (Å²) in [4.78, 5) is 21.4. The molecule has 0 aliphatic heterocycles. The summed E-state index contributed by atoms with van der Waals surface area (Å²) in [5.41, 5.74) is -0.592. The molecule has 3 N–H and O–H groups in total. The molecule has 0 aliphatic carbocycles. The Balaban J connectivity index is 2.62. The van der Waals surface area contributed by atoms with E-state index in [1.807, 2.05) is 5.32 Å². The van der Waals surface area contributed by atoms with Crippen LogP contribution < -0.4 is 10.6 Å². The fourth-order valence-electron chi connectivity index (χ4n) is 1.10. The first-order chi connectivity index (χ1) is 8.40. The SMILES string of the molecule is O=C(O)CCNC(=O)Nc1c(F)cc(Br)cc1F. The molecular formula is C10H9BrF2N2O3. The maximum atomic E-state index is 13.3. The van der Waals surface area contributed by atoms with Gasteiger partial charge in [0.05, 0.1) is 6.42 Å². The third-order valence-electron chi connectivity index (χ3n) is 1.87. The van der Waals surface area contributed by atoms with Crippen LogP contribution in [0.4, 0.5) is 19.3 Å². The molecule has 1 aromatic rings. The lowest BCUT2D eigenvalue weighted by atomic mass is 10.3. The van der Waals surface area contributed by atoms with Crippen LogP contribution in [0, 0.1) is 11.6 Å². The second-order valence-electron chi connectivity index (χ2n) is 3.27. The number of carboxylic acids is 1. The van der Waals surface area contributed by atoms with Crippen LogP contribution in [-0.2, 0) is 4.79 Å². The molecule has 0 aliphatic rings. The van der Waals surface area contributed by atoms with Crippen LogP contribution in [0.5, 0.6) is 0 Å². The number of hydrogen-bond acceptors (Lipinski definition) is 2. The molecule has 0 aromatic heterocycles. The van der Waals surface area contributed by atoms with Crippen molar-refractivity contribution in [1.29, 1.82) is 0 Å². The first-order valence-corrected chi connectivity index (χ1v) is 5.60. The number of amides is 2. The molecule has 0 spiro atoms. The Hall–Kier alpha value is -1.70. The molecule has 1 aromatic carbocycles. The molecule has 0 saturated carbocycles. The molecule has 18 heavy (non-hydrogen) atoms. The fraction of sp³-hybridized carbons (Fsp3) is 0.200. The minimum Gasteiger partial charge on any atom is -0.481 e. The molecule has 2 amide bonds.